The van der Waals surface area contributed by atoms with Crippen molar-refractivity contribution in [2.24, 2.45) is 4.99 Å². The largest absolute Gasteiger partial charge is 0.444 e. The van der Waals surface area contributed by atoms with Crippen LogP contribution in [0.15, 0.2) is 4.99 Å². The monoisotopic (exact) mass is 511 g/mol. The van der Waals surface area contributed by atoms with Gasteiger partial charge in [-0.05, 0) is 54.6 Å². The number of ether oxygens (including phenoxy) is 2. The van der Waals surface area contributed by atoms with E-state index in [9.17, 15) is 4.79 Å². The lowest BCUT2D eigenvalue weighted by molar-refractivity contribution is -0.00261. The topological polar surface area (TPSA) is 78.4 Å². The number of likely N-dealkylation sites (N-methyl/N-ethyl adjacent to an activating group) is 1. The fraction of sp³-hybridized carbons (Fsp3) is 0.895. The Labute approximate surface area is 186 Å². The van der Waals surface area contributed by atoms with Crippen molar-refractivity contribution in [1.29, 1.82) is 0 Å². The van der Waals surface area contributed by atoms with Crippen LogP contribution in [-0.4, -0.2) is 92.5 Å². The first-order valence-corrected chi connectivity index (χ1v) is 9.93. The molecule has 28 heavy (non-hydrogen) atoms. The quantitative estimate of drug-likeness (QED) is 0.334. The van der Waals surface area contributed by atoms with Gasteiger partial charge in [0.15, 0.2) is 5.96 Å². The van der Waals surface area contributed by atoms with Crippen molar-refractivity contribution < 1.29 is 14.3 Å². The summed E-state index contributed by atoms with van der Waals surface area (Å²) >= 11 is 0. The van der Waals surface area contributed by atoms with Crippen LogP contribution in [0.5, 0.6) is 0 Å². The second-order valence-corrected chi connectivity index (χ2v) is 8.65. The van der Waals surface area contributed by atoms with E-state index in [-0.39, 0.29) is 41.7 Å². The number of halogens is 1. The molecule has 1 amide bonds. The van der Waals surface area contributed by atoms with Crippen molar-refractivity contribution in [3.05, 3.63) is 0 Å². The summed E-state index contributed by atoms with van der Waals surface area (Å²) in [4.78, 5) is 20.9. The van der Waals surface area contributed by atoms with E-state index >= 15 is 0 Å². The van der Waals surface area contributed by atoms with Crippen LogP contribution in [-0.2, 0) is 9.47 Å². The van der Waals surface area contributed by atoms with Gasteiger partial charge in [-0.1, -0.05) is 0 Å². The van der Waals surface area contributed by atoms with Crippen molar-refractivity contribution in [2.75, 3.05) is 53.5 Å². The van der Waals surface area contributed by atoms with Crippen LogP contribution in [0.1, 0.15) is 40.5 Å². The fourth-order valence-corrected chi connectivity index (χ4v) is 3.28. The first kappa shape index (κ1) is 25.2. The van der Waals surface area contributed by atoms with Gasteiger partial charge in [0, 0.05) is 38.4 Å². The van der Waals surface area contributed by atoms with Crippen LogP contribution in [0.3, 0.4) is 0 Å². The van der Waals surface area contributed by atoms with Crippen molar-refractivity contribution in [1.82, 2.24) is 20.4 Å². The number of hydrogen-bond donors (Lipinski definition) is 2. The lowest BCUT2D eigenvalue weighted by Crippen LogP contribution is -2.63. The Bertz CT molecular complexity index is 524. The van der Waals surface area contributed by atoms with Crippen LogP contribution in [0.4, 0.5) is 4.79 Å². The highest BCUT2D eigenvalue weighted by molar-refractivity contribution is 14.0. The first-order chi connectivity index (χ1) is 12.6. The number of hydrogen-bond acceptors (Lipinski definition) is 5. The number of carbonyl (C=O) groups is 1. The maximum absolute atomic E-state index is 12.1. The van der Waals surface area contributed by atoms with E-state index in [1.54, 1.807) is 4.90 Å². The summed E-state index contributed by atoms with van der Waals surface area (Å²) in [6.07, 6.45) is 1.72. The van der Waals surface area contributed by atoms with E-state index in [0.29, 0.717) is 13.1 Å². The number of nitrogens with one attached hydrogen (secondary N) is 2. The molecule has 8 nitrogen and oxygen atoms in total. The maximum atomic E-state index is 12.1. The Kier molecular flexibility index (Phi) is 9.75. The van der Waals surface area contributed by atoms with Crippen molar-refractivity contribution in [3.8, 4) is 0 Å². The Morgan fingerprint density at radius 2 is 1.89 bits per heavy atom. The van der Waals surface area contributed by atoms with E-state index in [2.05, 4.69) is 36.6 Å². The molecule has 164 valence electrons. The van der Waals surface area contributed by atoms with Crippen molar-refractivity contribution in [3.63, 3.8) is 0 Å². The molecule has 0 unspecified atom stereocenters. The van der Waals surface area contributed by atoms with Crippen LogP contribution in [0, 0.1) is 0 Å². The van der Waals surface area contributed by atoms with Crippen LogP contribution >= 0.6 is 24.0 Å². The standard InChI is InChI=1S/C19H37N5O3.HI/c1-7-20-16(21-14-19(23(5)6)8-10-26-11-9-19)22-15-12-24(13-15)17(25)27-18(2,3)4;/h15H,7-14H2,1-6H3,(H2,20,21,22);1H. The third-order valence-corrected chi connectivity index (χ3v) is 5.12. The molecule has 0 radical (unpaired) electrons. The molecule has 2 rings (SSSR count). The van der Waals surface area contributed by atoms with Gasteiger partial charge in [-0.2, -0.15) is 0 Å². The molecular weight excluding hydrogens is 473 g/mol. The normalized spacial score (nSPS) is 20.2. The Hall–Kier alpha value is -0.810. The van der Waals surface area contributed by atoms with Gasteiger partial charge in [-0.3, -0.25) is 4.99 Å². The average Bonchev–Trinajstić information content (AvgIpc) is 2.54. The number of rotatable bonds is 5. The summed E-state index contributed by atoms with van der Waals surface area (Å²) in [5.74, 6) is 0.805. The summed E-state index contributed by atoms with van der Waals surface area (Å²) in [6, 6.07) is 0.195. The summed E-state index contributed by atoms with van der Waals surface area (Å²) in [5.41, 5.74) is -0.418. The molecule has 2 saturated heterocycles. The molecule has 0 bridgehead atoms. The third kappa shape index (κ3) is 7.22. The zero-order valence-electron chi connectivity index (χ0n) is 18.2. The molecule has 9 heteroatoms. The Morgan fingerprint density at radius 1 is 1.29 bits per heavy atom. The van der Waals surface area contributed by atoms with E-state index in [4.69, 9.17) is 14.5 Å². The van der Waals surface area contributed by atoms with Crippen molar-refractivity contribution >= 4 is 36.0 Å². The van der Waals surface area contributed by atoms with E-state index in [1.807, 2.05) is 20.8 Å². The van der Waals surface area contributed by atoms with E-state index in [1.165, 1.54) is 0 Å². The number of aliphatic imine (C=N–C) groups is 1. The molecule has 0 saturated carbocycles. The van der Waals surface area contributed by atoms with Gasteiger partial charge in [-0.25, -0.2) is 4.79 Å². The zero-order valence-corrected chi connectivity index (χ0v) is 20.5. The molecule has 2 heterocycles. The molecular formula is C19H38IN5O3. The highest BCUT2D eigenvalue weighted by Crippen LogP contribution is 2.26. The number of likely N-dealkylation sites (tertiary alicyclic amines) is 1. The Balaban J connectivity index is 0.00000392. The van der Waals surface area contributed by atoms with E-state index in [0.717, 1.165) is 45.1 Å². The molecule has 0 aliphatic carbocycles. The zero-order chi connectivity index (χ0) is 20.1. The summed E-state index contributed by atoms with van der Waals surface area (Å²) in [5, 5.41) is 6.75. The van der Waals surface area contributed by atoms with Gasteiger partial charge < -0.3 is 29.9 Å². The van der Waals surface area contributed by atoms with Crippen LogP contribution in [0.25, 0.3) is 0 Å². The Morgan fingerprint density at radius 3 is 2.39 bits per heavy atom. The summed E-state index contributed by atoms with van der Waals surface area (Å²) in [7, 11) is 4.23. The SMILES string of the molecule is CCNC(=NCC1(N(C)C)CCOCC1)NC1CN(C(=O)OC(C)(C)C)C1.I. The minimum Gasteiger partial charge on any atom is -0.444 e. The lowest BCUT2D eigenvalue weighted by atomic mass is 9.89. The van der Waals surface area contributed by atoms with E-state index < -0.39 is 5.60 Å². The molecule has 0 atom stereocenters. The highest BCUT2D eigenvalue weighted by Gasteiger charge is 2.36. The number of amides is 1. The van der Waals surface area contributed by atoms with Crippen LogP contribution in [0.2, 0.25) is 0 Å². The summed E-state index contributed by atoms with van der Waals surface area (Å²) < 4.78 is 10.9. The fourth-order valence-electron chi connectivity index (χ4n) is 3.28. The van der Waals surface area contributed by atoms with Crippen molar-refractivity contribution in [2.45, 2.75) is 57.7 Å². The summed E-state index contributed by atoms with van der Waals surface area (Å²) in [6.45, 7) is 12.1. The molecule has 0 aromatic rings. The first-order valence-electron chi connectivity index (χ1n) is 9.93. The third-order valence-electron chi connectivity index (χ3n) is 5.12. The number of nitrogens with zero attached hydrogens (tertiary/aromatic N) is 3. The maximum Gasteiger partial charge on any atom is 0.410 e. The number of carbonyl (C=O) groups excluding carboxylic acids is 1. The van der Waals surface area contributed by atoms with Gasteiger partial charge >= 0.3 is 6.09 Å². The lowest BCUT2D eigenvalue weighted by Gasteiger charge is -2.42. The molecule has 0 spiro atoms. The predicted molar refractivity (Wildman–Crippen MR) is 123 cm³/mol. The minimum atomic E-state index is -0.462. The molecule has 2 aliphatic heterocycles. The molecule has 0 aromatic heterocycles. The molecule has 2 aliphatic rings. The number of guanidine groups is 1. The second-order valence-electron chi connectivity index (χ2n) is 8.65. The average molecular weight is 511 g/mol. The van der Waals surface area contributed by atoms with Gasteiger partial charge in [-0.15, -0.1) is 24.0 Å². The van der Waals surface area contributed by atoms with Gasteiger partial charge in [0.1, 0.15) is 5.60 Å². The second kappa shape index (κ2) is 10.8. The van der Waals surface area contributed by atoms with Gasteiger partial charge in [0.25, 0.3) is 0 Å². The molecule has 2 fully saturated rings. The predicted octanol–water partition coefficient (Wildman–Crippen LogP) is 1.89. The highest BCUT2D eigenvalue weighted by atomic mass is 127. The van der Waals surface area contributed by atoms with Gasteiger partial charge in [0.2, 0.25) is 0 Å². The van der Waals surface area contributed by atoms with Crippen LogP contribution < -0.4 is 10.6 Å². The smallest absolute Gasteiger partial charge is 0.410 e. The molecule has 0 aromatic carbocycles. The minimum absolute atomic E-state index is 0. The molecule has 2 N–H and O–H groups in total. The van der Waals surface area contributed by atoms with Gasteiger partial charge in [0.05, 0.1) is 12.6 Å².